The first-order chi connectivity index (χ1) is 7.56. The van der Waals surface area contributed by atoms with E-state index in [4.69, 9.17) is 11.6 Å². The Morgan fingerprint density at radius 2 is 2.12 bits per heavy atom. The zero-order valence-electron chi connectivity index (χ0n) is 8.63. The standard InChI is InChI=1S/C11H10BrClO3/c1-16-10(14)6-5-7-8(11(13)15)3-2-4-9(7)12/h2-4H,5-6H2,1H3. The molecule has 1 rings (SSSR count). The van der Waals surface area contributed by atoms with E-state index in [-0.39, 0.29) is 12.4 Å². The van der Waals surface area contributed by atoms with Gasteiger partial charge in [0.25, 0.3) is 5.24 Å². The molecule has 0 saturated carbocycles. The molecule has 0 bridgehead atoms. The molecule has 0 aliphatic heterocycles. The number of methoxy groups -OCH3 is 1. The molecule has 0 saturated heterocycles. The quantitative estimate of drug-likeness (QED) is 0.634. The number of carbonyl (C=O) groups is 2. The van der Waals surface area contributed by atoms with Gasteiger partial charge in [0.15, 0.2) is 0 Å². The van der Waals surface area contributed by atoms with E-state index in [9.17, 15) is 9.59 Å². The predicted molar refractivity (Wildman–Crippen MR) is 64.7 cm³/mol. The number of carbonyl (C=O) groups excluding carboxylic acids is 2. The molecule has 5 heteroatoms. The van der Waals surface area contributed by atoms with Crippen LogP contribution in [0, 0.1) is 0 Å². The first kappa shape index (κ1) is 13.2. The smallest absolute Gasteiger partial charge is 0.305 e. The zero-order chi connectivity index (χ0) is 12.1. The second-order valence-corrected chi connectivity index (χ2v) is 4.31. The molecule has 0 atom stereocenters. The summed E-state index contributed by atoms with van der Waals surface area (Å²) in [5, 5.41) is -0.527. The third-order valence-corrected chi connectivity index (χ3v) is 3.08. The maximum Gasteiger partial charge on any atom is 0.305 e. The molecule has 0 amide bonds. The molecule has 16 heavy (non-hydrogen) atoms. The average Bonchev–Trinajstić information content (AvgIpc) is 2.26. The van der Waals surface area contributed by atoms with Crippen molar-refractivity contribution in [1.82, 2.24) is 0 Å². The van der Waals surface area contributed by atoms with Crippen LogP contribution in [0.1, 0.15) is 22.3 Å². The van der Waals surface area contributed by atoms with Gasteiger partial charge in [0.1, 0.15) is 0 Å². The Morgan fingerprint density at radius 1 is 1.44 bits per heavy atom. The summed E-state index contributed by atoms with van der Waals surface area (Å²) in [5.41, 5.74) is 1.15. The van der Waals surface area contributed by atoms with E-state index in [2.05, 4.69) is 20.7 Å². The highest BCUT2D eigenvalue weighted by Gasteiger charge is 2.13. The van der Waals surface area contributed by atoms with Crippen LogP contribution in [-0.2, 0) is 16.0 Å². The van der Waals surface area contributed by atoms with Crippen molar-refractivity contribution >= 4 is 38.7 Å². The molecule has 0 unspecified atom stereocenters. The lowest BCUT2D eigenvalue weighted by Gasteiger charge is -2.07. The first-order valence-electron chi connectivity index (χ1n) is 4.60. The summed E-state index contributed by atoms with van der Waals surface area (Å²) in [6.07, 6.45) is 0.637. The third kappa shape index (κ3) is 3.32. The molecule has 1 aromatic carbocycles. The van der Waals surface area contributed by atoms with E-state index in [1.807, 2.05) is 0 Å². The van der Waals surface area contributed by atoms with Crippen molar-refractivity contribution in [2.45, 2.75) is 12.8 Å². The van der Waals surface area contributed by atoms with E-state index >= 15 is 0 Å². The van der Waals surface area contributed by atoms with Crippen LogP contribution in [0.3, 0.4) is 0 Å². The minimum absolute atomic E-state index is 0.219. The van der Waals surface area contributed by atoms with Crippen LogP contribution in [0.15, 0.2) is 22.7 Å². The summed E-state index contributed by atoms with van der Waals surface area (Å²) in [6, 6.07) is 5.16. The molecular formula is C11H10BrClO3. The predicted octanol–water partition coefficient (Wildman–Crippen LogP) is 2.93. The highest BCUT2D eigenvalue weighted by Crippen LogP contribution is 2.23. The van der Waals surface area contributed by atoms with Crippen LogP contribution in [0.25, 0.3) is 0 Å². The fourth-order valence-electron chi connectivity index (χ4n) is 1.33. The highest BCUT2D eigenvalue weighted by atomic mass is 79.9. The molecule has 0 aliphatic rings. The van der Waals surface area contributed by atoms with Crippen molar-refractivity contribution < 1.29 is 14.3 Å². The first-order valence-corrected chi connectivity index (χ1v) is 5.77. The van der Waals surface area contributed by atoms with Crippen LogP contribution < -0.4 is 0 Å². The molecule has 0 spiro atoms. The Morgan fingerprint density at radius 3 is 2.69 bits per heavy atom. The van der Waals surface area contributed by atoms with Crippen LogP contribution in [0.2, 0.25) is 0 Å². The van der Waals surface area contributed by atoms with Gasteiger partial charge in [0.2, 0.25) is 0 Å². The van der Waals surface area contributed by atoms with Crippen molar-refractivity contribution in [2.24, 2.45) is 0 Å². The van der Waals surface area contributed by atoms with Gasteiger partial charge in [-0.3, -0.25) is 9.59 Å². The van der Waals surface area contributed by atoms with E-state index in [0.717, 1.165) is 10.0 Å². The Hall–Kier alpha value is -0.870. The number of benzene rings is 1. The molecule has 0 radical (unpaired) electrons. The van der Waals surface area contributed by atoms with Gasteiger partial charge >= 0.3 is 5.97 Å². The van der Waals surface area contributed by atoms with Gasteiger partial charge < -0.3 is 4.74 Å². The second kappa shape index (κ2) is 6.01. The van der Waals surface area contributed by atoms with Crippen molar-refractivity contribution in [1.29, 1.82) is 0 Å². The number of hydrogen-bond donors (Lipinski definition) is 0. The minimum atomic E-state index is -0.527. The Labute approximate surface area is 107 Å². The summed E-state index contributed by atoms with van der Waals surface area (Å²) < 4.78 is 5.31. The Balaban J connectivity index is 2.93. The second-order valence-electron chi connectivity index (χ2n) is 3.12. The zero-order valence-corrected chi connectivity index (χ0v) is 11.0. The number of ether oxygens (including phenoxy) is 1. The molecule has 0 aromatic heterocycles. The number of esters is 1. The summed E-state index contributed by atoms with van der Waals surface area (Å²) in [6.45, 7) is 0. The summed E-state index contributed by atoms with van der Waals surface area (Å²) in [7, 11) is 1.33. The van der Waals surface area contributed by atoms with E-state index < -0.39 is 5.24 Å². The van der Waals surface area contributed by atoms with Gasteiger partial charge in [0.05, 0.1) is 7.11 Å². The number of hydrogen-bond acceptors (Lipinski definition) is 3. The van der Waals surface area contributed by atoms with Gasteiger partial charge in [-0.15, -0.1) is 0 Å². The van der Waals surface area contributed by atoms with E-state index in [1.165, 1.54) is 7.11 Å². The van der Waals surface area contributed by atoms with Gasteiger partial charge in [0, 0.05) is 16.5 Å². The lowest BCUT2D eigenvalue weighted by molar-refractivity contribution is -0.140. The largest absolute Gasteiger partial charge is 0.469 e. The molecular weight excluding hydrogens is 295 g/mol. The van der Waals surface area contributed by atoms with Crippen LogP contribution >= 0.6 is 27.5 Å². The van der Waals surface area contributed by atoms with Crippen molar-refractivity contribution in [2.75, 3.05) is 7.11 Å². The normalized spacial score (nSPS) is 9.94. The van der Waals surface area contributed by atoms with Gasteiger partial charge in [-0.05, 0) is 35.7 Å². The average molecular weight is 306 g/mol. The maximum atomic E-state index is 11.2. The van der Waals surface area contributed by atoms with Crippen LogP contribution in [-0.4, -0.2) is 18.3 Å². The van der Waals surface area contributed by atoms with Gasteiger partial charge in [-0.2, -0.15) is 0 Å². The molecule has 0 heterocycles. The fraction of sp³-hybridized carbons (Fsp3) is 0.273. The lowest BCUT2D eigenvalue weighted by atomic mass is 10.0. The van der Waals surface area contributed by atoms with Crippen molar-refractivity contribution in [3.8, 4) is 0 Å². The maximum absolute atomic E-state index is 11.2. The highest BCUT2D eigenvalue weighted by molar-refractivity contribution is 9.10. The molecule has 1 aromatic rings. The SMILES string of the molecule is COC(=O)CCc1c(Br)cccc1C(=O)Cl. The van der Waals surface area contributed by atoms with Crippen LogP contribution in [0.5, 0.6) is 0 Å². The molecule has 86 valence electrons. The van der Waals surface area contributed by atoms with E-state index in [1.54, 1.807) is 18.2 Å². The number of rotatable bonds is 4. The molecule has 0 N–H and O–H groups in total. The topological polar surface area (TPSA) is 43.4 Å². The Bertz CT molecular complexity index is 418. The molecule has 0 fully saturated rings. The minimum Gasteiger partial charge on any atom is -0.469 e. The monoisotopic (exact) mass is 304 g/mol. The molecule has 0 aliphatic carbocycles. The van der Waals surface area contributed by atoms with E-state index in [0.29, 0.717) is 12.0 Å². The fourth-order valence-corrected chi connectivity index (χ4v) is 2.07. The third-order valence-electron chi connectivity index (χ3n) is 2.14. The van der Waals surface area contributed by atoms with Crippen LogP contribution in [0.4, 0.5) is 0 Å². The number of halogens is 2. The Kier molecular flexibility index (Phi) is 4.96. The van der Waals surface area contributed by atoms with Gasteiger partial charge in [-0.25, -0.2) is 0 Å². The lowest BCUT2D eigenvalue weighted by Crippen LogP contribution is -2.05. The summed E-state index contributed by atoms with van der Waals surface area (Å²) >= 11 is 8.78. The summed E-state index contributed by atoms with van der Waals surface area (Å²) in [5.74, 6) is -0.316. The van der Waals surface area contributed by atoms with Crippen molar-refractivity contribution in [3.05, 3.63) is 33.8 Å². The molecule has 3 nitrogen and oxygen atoms in total. The van der Waals surface area contributed by atoms with Crippen molar-refractivity contribution in [3.63, 3.8) is 0 Å². The summed E-state index contributed by atoms with van der Waals surface area (Å²) in [4.78, 5) is 22.2. The van der Waals surface area contributed by atoms with Gasteiger partial charge in [-0.1, -0.05) is 22.0 Å².